The van der Waals surface area contributed by atoms with Crippen LogP contribution >= 0.6 is 0 Å². The average molecular weight is 212 g/mol. The van der Waals surface area contributed by atoms with Crippen molar-refractivity contribution in [3.63, 3.8) is 0 Å². The predicted octanol–water partition coefficient (Wildman–Crippen LogP) is 1.62. The minimum absolute atomic E-state index is 0.238. The van der Waals surface area contributed by atoms with Crippen LogP contribution in [0, 0.1) is 11.8 Å². The molecule has 2 N–H and O–H groups in total. The summed E-state index contributed by atoms with van der Waals surface area (Å²) in [5, 5.41) is 0. The molecule has 1 aliphatic heterocycles. The maximum absolute atomic E-state index is 12.1. The van der Waals surface area contributed by atoms with Crippen LogP contribution in [0.2, 0.25) is 0 Å². The molecule has 1 amide bonds. The molecule has 3 heteroatoms. The van der Waals surface area contributed by atoms with Crippen LogP contribution < -0.4 is 5.73 Å². The molecule has 0 aromatic rings. The molecule has 15 heavy (non-hydrogen) atoms. The van der Waals surface area contributed by atoms with Gasteiger partial charge in [0, 0.05) is 19.0 Å². The number of carbonyl (C=O) groups excluding carboxylic acids is 1. The monoisotopic (exact) mass is 212 g/mol. The summed E-state index contributed by atoms with van der Waals surface area (Å²) in [7, 11) is 0. The Morgan fingerprint density at radius 1 is 1.47 bits per heavy atom. The summed E-state index contributed by atoms with van der Waals surface area (Å²) in [4.78, 5) is 14.1. The van der Waals surface area contributed by atoms with Crippen LogP contribution in [0.3, 0.4) is 0 Å². The molecule has 88 valence electrons. The number of likely N-dealkylation sites (tertiary alicyclic amines) is 1. The van der Waals surface area contributed by atoms with Gasteiger partial charge in [-0.2, -0.15) is 0 Å². The average Bonchev–Trinajstić information content (AvgIpc) is 2.68. The number of nitrogens with two attached hydrogens (primary N) is 1. The minimum Gasteiger partial charge on any atom is -0.342 e. The van der Waals surface area contributed by atoms with Gasteiger partial charge in [0.25, 0.3) is 0 Å². The summed E-state index contributed by atoms with van der Waals surface area (Å²) < 4.78 is 0. The van der Waals surface area contributed by atoms with Crippen LogP contribution in [0.15, 0.2) is 0 Å². The standard InChI is InChI=1S/C12H24N2O/c1-3-11(4-2)12(15)14-8-6-10(9-14)5-7-13/h10-11H,3-9,13H2,1-2H3. The first-order chi connectivity index (χ1) is 7.22. The van der Waals surface area contributed by atoms with Gasteiger partial charge in [0.15, 0.2) is 0 Å². The van der Waals surface area contributed by atoms with E-state index in [9.17, 15) is 4.79 Å². The quantitative estimate of drug-likeness (QED) is 0.752. The van der Waals surface area contributed by atoms with E-state index in [1.807, 2.05) is 4.90 Å². The van der Waals surface area contributed by atoms with Crippen LogP contribution in [0.1, 0.15) is 39.5 Å². The molecule has 0 aliphatic carbocycles. The summed E-state index contributed by atoms with van der Waals surface area (Å²) in [6.45, 7) is 6.82. The smallest absolute Gasteiger partial charge is 0.225 e. The molecular formula is C12H24N2O. The van der Waals surface area contributed by atoms with E-state index < -0.39 is 0 Å². The van der Waals surface area contributed by atoms with Crippen molar-refractivity contribution in [1.82, 2.24) is 4.90 Å². The topological polar surface area (TPSA) is 46.3 Å². The normalized spacial score (nSPS) is 21.3. The molecule has 0 aromatic carbocycles. The second kappa shape index (κ2) is 6.11. The van der Waals surface area contributed by atoms with E-state index >= 15 is 0 Å². The Balaban J connectivity index is 2.42. The first-order valence-corrected chi connectivity index (χ1v) is 6.21. The second-order valence-electron chi connectivity index (χ2n) is 4.53. The summed E-state index contributed by atoms with van der Waals surface area (Å²) >= 11 is 0. The lowest BCUT2D eigenvalue weighted by atomic mass is 10.0. The van der Waals surface area contributed by atoms with Crippen LogP contribution in [-0.4, -0.2) is 30.4 Å². The molecule has 0 aromatic heterocycles. The molecular weight excluding hydrogens is 188 g/mol. The van der Waals surface area contributed by atoms with Crippen LogP contribution in [0.4, 0.5) is 0 Å². The van der Waals surface area contributed by atoms with Crippen molar-refractivity contribution < 1.29 is 4.79 Å². The Labute approximate surface area is 93.0 Å². The fraction of sp³-hybridized carbons (Fsp3) is 0.917. The molecule has 1 aliphatic rings. The minimum atomic E-state index is 0.238. The number of hydrogen-bond donors (Lipinski definition) is 1. The summed E-state index contributed by atoms with van der Waals surface area (Å²) in [5.74, 6) is 1.24. The third-order valence-electron chi connectivity index (χ3n) is 3.51. The van der Waals surface area contributed by atoms with E-state index in [1.165, 1.54) is 0 Å². The maximum atomic E-state index is 12.1. The lowest BCUT2D eigenvalue weighted by Gasteiger charge is -2.21. The summed E-state index contributed by atoms with van der Waals surface area (Å²) in [5.41, 5.74) is 5.54. The number of amides is 1. The zero-order valence-corrected chi connectivity index (χ0v) is 10.0. The van der Waals surface area contributed by atoms with Gasteiger partial charge >= 0.3 is 0 Å². The van der Waals surface area contributed by atoms with E-state index in [0.29, 0.717) is 11.8 Å². The largest absolute Gasteiger partial charge is 0.342 e. The molecule has 0 spiro atoms. The van der Waals surface area contributed by atoms with Gasteiger partial charge in [0.05, 0.1) is 0 Å². The molecule has 1 saturated heterocycles. The number of rotatable bonds is 5. The van der Waals surface area contributed by atoms with E-state index in [2.05, 4.69) is 13.8 Å². The van der Waals surface area contributed by atoms with Gasteiger partial charge in [-0.25, -0.2) is 0 Å². The third kappa shape index (κ3) is 3.20. The third-order valence-corrected chi connectivity index (χ3v) is 3.51. The summed E-state index contributed by atoms with van der Waals surface area (Å²) in [6.07, 6.45) is 4.14. The zero-order valence-electron chi connectivity index (χ0n) is 10.0. The fourth-order valence-corrected chi connectivity index (χ4v) is 2.40. The summed E-state index contributed by atoms with van der Waals surface area (Å²) in [6, 6.07) is 0. The first kappa shape index (κ1) is 12.5. The highest BCUT2D eigenvalue weighted by Gasteiger charge is 2.28. The van der Waals surface area contributed by atoms with Crippen LogP contribution in [0.5, 0.6) is 0 Å². The van der Waals surface area contributed by atoms with Crippen molar-refractivity contribution in [2.24, 2.45) is 17.6 Å². The van der Waals surface area contributed by atoms with Gasteiger partial charge in [-0.1, -0.05) is 13.8 Å². The van der Waals surface area contributed by atoms with Gasteiger partial charge < -0.3 is 10.6 Å². The molecule has 1 fully saturated rings. The predicted molar refractivity (Wildman–Crippen MR) is 62.4 cm³/mol. The molecule has 1 atom stereocenters. The molecule has 0 radical (unpaired) electrons. The highest BCUT2D eigenvalue weighted by molar-refractivity contribution is 5.79. The SMILES string of the molecule is CCC(CC)C(=O)N1CCC(CCN)C1. The van der Waals surface area contributed by atoms with Gasteiger partial charge in [-0.15, -0.1) is 0 Å². The lowest BCUT2D eigenvalue weighted by molar-refractivity contribution is -0.134. The number of carbonyl (C=O) groups is 1. The van der Waals surface area contributed by atoms with Crippen molar-refractivity contribution >= 4 is 5.91 Å². The van der Waals surface area contributed by atoms with Crippen molar-refractivity contribution in [3.8, 4) is 0 Å². The van der Waals surface area contributed by atoms with Crippen molar-refractivity contribution in [2.45, 2.75) is 39.5 Å². The number of hydrogen-bond acceptors (Lipinski definition) is 2. The van der Waals surface area contributed by atoms with Crippen molar-refractivity contribution in [3.05, 3.63) is 0 Å². The van der Waals surface area contributed by atoms with Gasteiger partial charge in [-0.05, 0) is 38.1 Å². The van der Waals surface area contributed by atoms with E-state index in [4.69, 9.17) is 5.73 Å². The Morgan fingerprint density at radius 3 is 2.67 bits per heavy atom. The van der Waals surface area contributed by atoms with Crippen molar-refractivity contribution in [2.75, 3.05) is 19.6 Å². The number of nitrogens with zero attached hydrogens (tertiary/aromatic N) is 1. The van der Waals surface area contributed by atoms with Crippen LogP contribution in [-0.2, 0) is 4.79 Å². The Hall–Kier alpha value is -0.570. The fourth-order valence-electron chi connectivity index (χ4n) is 2.40. The lowest BCUT2D eigenvalue weighted by Crippen LogP contribution is -2.34. The van der Waals surface area contributed by atoms with Gasteiger partial charge in [0.2, 0.25) is 5.91 Å². The highest BCUT2D eigenvalue weighted by Crippen LogP contribution is 2.22. The van der Waals surface area contributed by atoms with E-state index in [1.54, 1.807) is 0 Å². The first-order valence-electron chi connectivity index (χ1n) is 6.21. The van der Waals surface area contributed by atoms with E-state index in [-0.39, 0.29) is 5.92 Å². The van der Waals surface area contributed by atoms with Gasteiger partial charge in [0.1, 0.15) is 0 Å². The highest BCUT2D eigenvalue weighted by atomic mass is 16.2. The molecule has 3 nitrogen and oxygen atoms in total. The molecule has 0 saturated carbocycles. The van der Waals surface area contributed by atoms with E-state index in [0.717, 1.165) is 45.3 Å². The Kier molecular flexibility index (Phi) is 5.09. The molecule has 0 bridgehead atoms. The molecule has 1 unspecified atom stereocenters. The second-order valence-corrected chi connectivity index (χ2v) is 4.53. The Morgan fingerprint density at radius 2 is 2.13 bits per heavy atom. The zero-order chi connectivity index (χ0) is 11.3. The molecule has 1 heterocycles. The van der Waals surface area contributed by atoms with Gasteiger partial charge in [-0.3, -0.25) is 4.79 Å². The van der Waals surface area contributed by atoms with Crippen molar-refractivity contribution in [1.29, 1.82) is 0 Å². The van der Waals surface area contributed by atoms with Crippen LogP contribution in [0.25, 0.3) is 0 Å². The Bertz CT molecular complexity index is 202. The molecule has 1 rings (SSSR count). The maximum Gasteiger partial charge on any atom is 0.225 e.